The summed E-state index contributed by atoms with van der Waals surface area (Å²) in [4.78, 5) is 35.7. The third kappa shape index (κ3) is 59.0. The van der Waals surface area contributed by atoms with Crippen molar-refractivity contribution in [1.82, 2.24) is 0 Å². The van der Waals surface area contributed by atoms with Crippen molar-refractivity contribution in [1.29, 1.82) is 0 Å². The molecule has 2 atom stereocenters. The molecule has 0 spiro atoms. The van der Waals surface area contributed by atoms with Crippen molar-refractivity contribution < 1.29 is 42.1 Å². The predicted octanol–water partition coefficient (Wildman–Crippen LogP) is 19.5. The molecule has 0 aliphatic carbocycles. The summed E-state index contributed by atoms with van der Waals surface area (Å²) >= 11 is 0. The van der Waals surface area contributed by atoms with Crippen LogP contribution < -0.4 is 0 Å². The standard InChI is InChI=1S/C64H118NO8P/c1-6-8-10-12-14-16-18-20-22-24-25-26-27-28-29-30-31-32-33-34-35-36-37-38-39-41-42-44-46-48-50-52-54-56-63(66)70-60-62(61-72-74(68,69)71-59-58-65(3,4)5)73-64(67)57-55-53-51-49-47-45-43-40-23-21-19-17-15-13-11-9-7-2/h9,11,15,17-18,20-21,23-25,62H,6-8,10,12-14,16,19,22,26-61H2,1-5H3/p+1/b11-9-,17-15-,20-18-,23-21-,25-24-. The molecular formula is C64H119NO8P+. The molecule has 0 aromatic carbocycles. The predicted molar refractivity (Wildman–Crippen MR) is 316 cm³/mol. The minimum absolute atomic E-state index is 0.0291. The maximum atomic E-state index is 12.8. The van der Waals surface area contributed by atoms with Crippen LogP contribution in [0.2, 0.25) is 0 Å². The molecule has 0 aromatic rings. The number of nitrogens with zero attached hydrogens (tertiary/aromatic N) is 1. The average Bonchev–Trinajstić information content (AvgIpc) is 3.36. The molecule has 0 saturated heterocycles. The van der Waals surface area contributed by atoms with Crippen LogP contribution in [-0.2, 0) is 32.7 Å². The Hall–Kier alpha value is -2.29. The first-order chi connectivity index (χ1) is 36.0. The van der Waals surface area contributed by atoms with Gasteiger partial charge in [0.05, 0.1) is 27.7 Å². The highest BCUT2D eigenvalue weighted by atomic mass is 31.2. The molecule has 0 fully saturated rings. The lowest BCUT2D eigenvalue weighted by Crippen LogP contribution is -2.37. The third-order valence-corrected chi connectivity index (χ3v) is 14.5. The van der Waals surface area contributed by atoms with Crippen LogP contribution in [0.5, 0.6) is 0 Å². The molecule has 0 amide bonds. The minimum Gasteiger partial charge on any atom is -0.462 e. The van der Waals surface area contributed by atoms with Gasteiger partial charge in [0.15, 0.2) is 6.10 Å². The molecule has 1 N–H and O–H groups in total. The van der Waals surface area contributed by atoms with E-state index in [1.54, 1.807) is 0 Å². The van der Waals surface area contributed by atoms with Gasteiger partial charge in [0, 0.05) is 12.8 Å². The molecule has 10 heteroatoms. The van der Waals surface area contributed by atoms with Crippen LogP contribution in [0.25, 0.3) is 0 Å². The molecule has 74 heavy (non-hydrogen) atoms. The van der Waals surface area contributed by atoms with E-state index in [0.717, 1.165) is 70.6 Å². The number of hydrogen-bond donors (Lipinski definition) is 1. The lowest BCUT2D eigenvalue weighted by molar-refractivity contribution is -0.870. The fourth-order valence-electron chi connectivity index (χ4n) is 8.77. The van der Waals surface area contributed by atoms with E-state index in [1.807, 2.05) is 21.1 Å². The summed E-state index contributed by atoms with van der Waals surface area (Å²) in [5, 5.41) is 0. The van der Waals surface area contributed by atoms with Crippen molar-refractivity contribution in [3.63, 3.8) is 0 Å². The fourth-order valence-corrected chi connectivity index (χ4v) is 9.51. The normalized spacial score (nSPS) is 13.6. The second-order valence-electron chi connectivity index (χ2n) is 22.1. The highest BCUT2D eigenvalue weighted by Crippen LogP contribution is 2.43. The van der Waals surface area contributed by atoms with Gasteiger partial charge in [-0.2, -0.15) is 0 Å². The number of unbranched alkanes of at least 4 members (excludes halogenated alkanes) is 33. The number of phosphoric acid groups is 1. The van der Waals surface area contributed by atoms with Gasteiger partial charge in [0.25, 0.3) is 0 Å². The Kier molecular flexibility index (Phi) is 53.7. The Morgan fingerprint density at radius 3 is 1.15 bits per heavy atom. The SMILES string of the molecule is CC/C=C\C/C=C\C/C=C\CCCCCCCCCC(=O)OC(COC(=O)CCCCCCCCCCCCCCCCCCCCCCC/C=C\C/C=C\CCCCCCC)COP(=O)(O)OCC[N+](C)(C)C. The Morgan fingerprint density at radius 2 is 0.770 bits per heavy atom. The van der Waals surface area contributed by atoms with Gasteiger partial charge in [-0.05, 0) is 77.0 Å². The number of carbonyl (C=O) groups excluding carboxylic acids is 2. The lowest BCUT2D eigenvalue weighted by atomic mass is 10.0. The van der Waals surface area contributed by atoms with Crippen molar-refractivity contribution >= 4 is 19.8 Å². The number of allylic oxidation sites excluding steroid dienone is 10. The Labute approximate surface area is 457 Å². The lowest BCUT2D eigenvalue weighted by Gasteiger charge is -2.24. The average molecular weight is 1060 g/mol. The summed E-state index contributed by atoms with van der Waals surface area (Å²) in [6.45, 7) is 4.33. The van der Waals surface area contributed by atoms with E-state index in [-0.39, 0.29) is 32.0 Å². The first-order valence-corrected chi connectivity index (χ1v) is 32.5. The van der Waals surface area contributed by atoms with Crippen LogP contribution in [0.4, 0.5) is 0 Å². The number of rotatable bonds is 57. The molecule has 0 aliphatic rings. The second-order valence-corrected chi connectivity index (χ2v) is 23.5. The number of likely N-dealkylation sites (N-methyl/N-ethyl adjacent to an activating group) is 1. The summed E-state index contributed by atoms with van der Waals surface area (Å²) in [5.41, 5.74) is 0. The molecule has 0 bridgehead atoms. The van der Waals surface area contributed by atoms with E-state index in [2.05, 4.69) is 74.6 Å². The minimum atomic E-state index is -4.39. The smallest absolute Gasteiger partial charge is 0.462 e. The first-order valence-electron chi connectivity index (χ1n) is 31.0. The van der Waals surface area contributed by atoms with Gasteiger partial charge >= 0.3 is 19.8 Å². The van der Waals surface area contributed by atoms with Crippen molar-refractivity contribution in [2.24, 2.45) is 0 Å². The van der Waals surface area contributed by atoms with E-state index in [4.69, 9.17) is 18.5 Å². The van der Waals surface area contributed by atoms with Gasteiger partial charge < -0.3 is 18.9 Å². The first kappa shape index (κ1) is 71.7. The van der Waals surface area contributed by atoms with Crippen molar-refractivity contribution in [3.8, 4) is 0 Å². The van der Waals surface area contributed by atoms with E-state index < -0.39 is 26.5 Å². The van der Waals surface area contributed by atoms with Crippen LogP contribution in [0.15, 0.2) is 60.8 Å². The summed E-state index contributed by atoms with van der Waals surface area (Å²) in [6, 6.07) is 0. The van der Waals surface area contributed by atoms with Gasteiger partial charge in [-0.15, -0.1) is 0 Å². The Bertz CT molecular complexity index is 1430. The number of quaternary nitrogens is 1. The molecule has 0 aliphatic heterocycles. The maximum absolute atomic E-state index is 12.8. The highest BCUT2D eigenvalue weighted by molar-refractivity contribution is 7.47. The largest absolute Gasteiger partial charge is 0.472 e. The maximum Gasteiger partial charge on any atom is 0.472 e. The zero-order valence-electron chi connectivity index (χ0n) is 49.1. The Morgan fingerprint density at radius 1 is 0.432 bits per heavy atom. The van der Waals surface area contributed by atoms with Crippen LogP contribution in [0.3, 0.4) is 0 Å². The number of phosphoric ester groups is 1. The zero-order chi connectivity index (χ0) is 54.2. The van der Waals surface area contributed by atoms with Gasteiger partial charge in [-0.25, -0.2) is 4.57 Å². The van der Waals surface area contributed by atoms with E-state index >= 15 is 0 Å². The van der Waals surface area contributed by atoms with Gasteiger partial charge in [-0.1, -0.05) is 254 Å². The monoisotopic (exact) mass is 1060 g/mol. The zero-order valence-corrected chi connectivity index (χ0v) is 50.0. The highest BCUT2D eigenvalue weighted by Gasteiger charge is 2.27. The Balaban J connectivity index is 4.00. The van der Waals surface area contributed by atoms with Crippen LogP contribution in [0, 0.1) is 0 Å². The topological polar surface area (TPSA) is 108 Å². The summed E-state index contributed by atoms with van der Waals surface area (Å²) in [7, 11) is 1.47. The quantitative estimate of drug-likeness (QED) is 0.0211. The molecule has 9 nitrogen and oxygen atoms in total. The van der Waals surface area contributed by atoms with Gasteiger partial charge in [0.2, 0.25) is 0 Å². The van der Waals surface area contributed by atoms with E-state index in [1.165, 1.54) is 180 Å². The summed E-state index contributed by atoms with van der Waals surface area (Å²) < 4.78 is 34.6. The molecule has 0 rings (SSSR count). The molecular weight excluding hydrogens is 942 g/mol. The molecule has 2 unspecified atom stereocenters. The van der Waals surface area contributed by atoms with Crippen LogP contribution >= 0.6 is 7.82 Å². The van der Waals surface area contributed by atoms with Crippen LogP contribution in [-0.4, -0.2) is 74.9 Å². The number of esters is 2. The third-order valence-electron chi connectivity index (χ3n) is 13.5. The molecule has 0 saturated carbocycles. The van der Waals surface area contributed by atoms with Crippen LogP contribution in [0.1, 0.15) is 284 Å². The van der Waals surface area contributed by atoms with Gasteiger partial charge in [0.1, 0.15) is 19.8 Å². The summed E-state index contributed by atoms with van der Waals surface area (Å²) in [5.74, 6) is -0.800. The molecule has 0 aromatic heterocycles. The number of ether oxygens (including phenoxy) is 2. The van der Waals surface area contributed by atoms with Crippen molar-refractivity contribution in [2.75, 3.05) is 47.5 Å². The molecule has 432 valence electrons. The number of carbonyl (C=O) groups is 2. The van der Waals surface area contributed by atoms with Gasteiger partial charge in [-0.3, -0.25) is 18.6 Å². The fraction of sp³-hybridized carbons (Fsp3) is 0.812. The summed E-state index contributed by atoms with van der Waals surface area (Å²) in [6.07, 6.45) is 71.7. The van der Waals surface area contributed by atoms with Crippen molar-refractivity contribution in [3.05, 3.63) is 60.8 Å². The van der Waals surface area contributed by atoms with Crippen molar-refractivity contribution in [2.45, 2.75) is 290 Å². The number of hydrogen-bond acceptors (Lipinski definition) is 7. The van der Waals surface area contributed by atoms with E-state index in [9.17, 15) is 19.0 Å². The molecule has 0 radical (unpaired) electrons. The molecule has 0 heterocycles. The van der Waals surface area contributed by atoms with E-state index in [0.29, 0.717) is 17.4 Å². The second kappa shape index (κ2) is 55.5.